The molecule has 0 aromatic heterocycles. The highest BCUT2D eigenvalue weighted by Crippen LogP contribution is 2.24. The summed E-state index contributed by atoms with van der Waals surface area (Å²) in [4.78, 5) is 14.8. The number of amides is 1. The molecule has 1 saturated heterocycles. The normalized spacial score (nSPS) is 25.7. The minimum Gasteiger partial charge on any atom is -0.352 e. The van der Waals surface area contributed by atoms with Crippen LogP contribution in [0.3, 0.4) is 0 Å². The molecule has 2 fully saturated rings. The van der Waals surface area contributed by atoms with Gasteiger partial charge in [-0.15, -0.1) is 0 Å². The highest BCUT2D eigenvalue weighted by molar-refractivity contribution is 7.92. The van der Waals surface area contributed by atoms with E-state index in [4.69, 9.17) is 0 Å². The second kappa shape index (κ2) is 9.87. The number of benzene rings is 1. The zero-order chi connectivity index (χ0) is 20.9. The molecular formula is C22H33N3O3S. The number of nitrogens with one attached hydrogen (secondary N) is 1. The van der Waals surface area contributed by atoms with E-state index in [-0.39, 0.29) is 18.0 Å². The first-order valence-electron chi connectivity index (χ1n) is 10.6. The van der Waals surface area contributed by atoms with Gasteiger partial charge in [0, 0.05) is 37.6 Å². The van der Waals surface area contributed by atoms with Crippen molar-refractivity contribution in [3.8, 4) is 0 Å². The van der Waals surface area contributed by atoms with Crippen LogP contribution in [-0.2, 0) is 14.8 Å². The summed E-state index contributed by atoms with van der Waals surface area (Å²) in [7, 11) is -3.46. The van der Waals surface area contributed by atoms with Gasteiger partial charge >= 0.3 is 0 Å². The summed E-state index contributed by atoms with van der Waals surface area (Å²) in [5.74, 6) is 0.585. The van der Waals surface area contributed by atoms with Crippen LogP contribution >= 0.6 is 0 Å². The van der Waals surface area contributed by atoms with Gasteiger partial charge in [0.25, 0.3) is 0 Å². The van der Waals surface area contributed by atoms with E-state index < -0.39 is 10.0 Å². The Morgan fingerprint density at radius 3 is 2.41 bits per heavy atom. The topological polar surface area (TPSA) is 69.7 Å². The van der Waals surface area contributed by atoms with Gasteiger partial charge in [-0.1, -0.05) is 50.1 Å². The third-order valence-corrected chi connectivity index (χ3v) is 7.80. The molecule has 1 aromatic rings. The van der Waals surface area contributed by atoms with Crippen LogP contribution in [0.4, 0.5) is 0 Å². The molecule has 0 bridgehead atoms. The van der Waals surface area contributed by atoms with Gasteiger partial charge in [-0.3, -0.25) is 9.69 Å². The predicted octanol–water partition coefficient (Wildman–Crippen LogP) is 2.69. The molecule has 1 N–H and O–H groups in total. The van der Waals surface area contributed by atoms with E-state index in [9.17, 15) is 13.2 Å². The van der Waals surface area contributed by atoms with E-state index in [1.807, 2.05) is 37.3 Å². The zero-order valence-electron chi connectivity index (χ0n) is 17.5. The lowest BCUT2D eigenvalue weighted by Crippen LogP contribution is -2.56. The van der Waals surface area contributed by atoms with E-state index >= 15 is 0 Å². The smallest absolute Gasteiger partial charge is 0.237 e. The van der Waals surface area contributed by atoms with Crippen LogP contribution in [0.5, 0.6) is 0 Å². The fraction of sp³-hybridized carbons (Fsp3) is 0.591. The van der Waals surface area contributed by atoms with Gasteiger partial charge in [0.1, 0.15) is 0 Å². The van der Waals surface area contributed by atoms with E-state index in [1.165, 1.54) is 29.0 Å². The lowest BCUT2D eigenvalue weighted by molar-refractivity contribution is -0.127. The second-order valence-corrected chi connectivity index (χ2v) is 10.1. The van der Waals surface area contributed by atoms with Crippen molar-refractivity contribution < 1.29 is 13.2 Å². The molecule has 3 rings (SSSR count). The number of hydrogen-bond donors (Lipinski definition) is 1. The Labute approximate surface area is 175 Å². The lowest BCUT2D eigenvalue weighted by atomic mass is 9.86. The molecule has 0 radical (unpaired) electrons. The van der Waals surface area contributed by atoms with E-state index in [1.54, 1.807) is 6.08 Å². The summed E-state index contributed by atoms with van der Waals surface area (Å²) in [5, 5.41) is 4.50. The number of sulfonamides is 1. The number of carbonyl (C=O) groups is 1. The van der Waals surface area contributed by atoms with Gasteiger partial charge in [-0.2, -0.15) is 4.31 Å². The number of carbonyl (C=O) groups excluding carboxylic acids is 1. The third-order valence-electron chi connectivity index (χ3n) is 6.23. The van der Waals surface area contributed by atoms with Crippen LogP contribution in [0, 0.1) is 5.92 Å². The maximum Gasteiger partial charge on any atom is 0.237 e. The molecule has 1 saturated carbocycles. The Morgan fingerprint density at radius 1 is 1.10 bits per heavy atom. The van der Waals surface area contributed by atoms with Gasteiger partial charge in [-0.25, -0.2) is 8.42 Å². The minimum absolute atomic E-state index is 0.0593. The molecule has 6 nitrogen and oxygen atoms in total. The first-order valence-corrected chi connectivity index (χ1v) is 12.1. The standard InChI is InChI=1S/C22H33N3O3S/c1-18-8-6-7-11-21(18)23-22(26)19(2)24-13-15-25(16-14-24)29(27,28)17-12-20-9-4-3-5-10-20/h3-5,9-10,12,17-19,21H,6-8,11,13-16H2,1-2H3,(H,23,26)/b17-12+/t18-,19+,21-/m0/s1. The molecule has 1 amide bonds. The summed E-state index contributed by atoms with van der Waals surface area (Å²) >= 11 is 0. The average Bonchev–Trinajstić information content (AvgIpc) is 2.74. The van der Waals surface area contributed by atoms with Crippen molar-refractivity contribution >= 4 is 22.0 Å². The molecule has 160 valence electrons. The van der Waals surface area contributed by atoms with Crippen LogP contribution in [0.25, 0.3) is 6.08 Å². The fourth-order valence-corrected chi connectivity index (χ4v) is 5.33. The fourth-order valence-electron chi connectivity index (χ4n) is 4.16. The molecule has 1 aliphatic carbocycles. The first kappa shape index (κ1) is 22.0. The summed E-state index contributed by atoms with van der Waals surface area (Å²) in [6.07, 6.45) is 6.28. The maximum absolute atomic E-state index is 12.7. The molecule has 1 heterocycles. The summed E-state index contributed by atoms with van der Waals surface area (Å²) in [5.41, 5.74) is 0.858. The van der Waals surface area contributed by atoms with Crippen LogP contribution < -0.4 is 5.32 Å². The van der Waals surface area contributed by atoms with Gasteiger partial charge in [0.15, 0.2) is 0 Å². The predicted molar refractivity (Wildman–Crippen MR) is 117 cm³/mol. The molecular weight excluding hydrogens is 386 g/mol. The van der Waals surface area contributed by atoms with Crippen LogP contribution in [0.1, 0.15) is 45.1 Å². The maximum atomic E-state index is 12.7. The van der Waals surface area contributed by atoms with Crippen molar-refractivity contribution in [2.75, 3.05) is 26.2 Å². The zero-order valence-corrected chi connectivity index (χ0v) is 18.3. The van der Waals surface area contributed by atoms with Gasteiger partial charge in [0.2, 0.25) is 15.9 Å². The second-order valence-electron chi connectivity index (χ2n) is 8.25. The molecule has 2 aliphatic rings. The van der Waals surface area contributed by atoms with Crippen molar-refractivity contribution in [1.82, 2.24) is 14.5 Å². The summed E-state index contributed by atoms with van der Waals surface area (Å²) in [6.45, 7) is 6.06. The number of rotatable bonds is 6. The molecule has 3 atom stereocenters. The molecule has 0 unspecified atom stereocenters. The lowest BCUT2D eigenvalue weighted by Gasteiger charge is -2.37. The molecule has 1 aromatic carbocycles. The van der Waals surface area contributed by atoms with Gasteiger partial charge < -0.3 is 5.32 Å². The minimum atomic E-state index is -3.46. The molecule has 1 aliphatic heterocycles. The van der Waals surface area contributed by atoms with Crippen molar-refractivity contribution in [3.63, 3.8) is 0 Å². The SMILES string of the molecule is C[C@H](C(=O)N[C@H]1CCCC[C@@H]1C)N1CCN(S(=O)(=O)/C=C/c2ccccc2)CC1. The Hall–Kier alpha value is -1.70. The van der Waals surface area contributed by atoms with E-state index in [0.717, 1.165) is 12.0 Å². The van der Waals surface area contributed by atoms with Crippen molar-refractivity contribution in [3.05, 3.63) is 41.3 Å². The molecule has 29 heavy (non-hydrogen) atoms. The number of nitrogens with zero attached hydrogens (tertiary/aromatic N) is 2. The highest BCUT2D eigenvalue weighted by Gasteiger charge is 2.31. The van der Waals surface area contributed by atoms with Crippen molar-refractivity contribution in [1.29, 1.82) is 0 Å². The van der Waals surface area contributed by atoms with E-state index in [0.29, 0.717) is 32.1 Å². The Kier molecular flexibility index (Phi) is 7.49. The quantitative estimate of drug-likeness (QED) is 0.770. The third kappa shape index (κ3) is 5.90. The monoisotopic (exact) mass is 419 g/mol. The van der Waals surface area contributed by atoms with Crippen molar-refractivity contribution in [2.45, 2.75) is 51.6 Å². The summed E-state index contributed by atoms with van der Waals surface area (Å²) in [6, 6.07) is 9.43. The van der Waals surface area contributed by atoms with E-state index in [2.05, 4.69) is 17.1 Å². The Balaban J connectivity index is 1.51. The number of hydrogen-bond acceptors (Lipinski definition) is 4. The first-order chi connectivity index (χ1) is 13.9. The van der Waals surface area contributed by atoms with Crippen molar-refractivity contribution in [2.24, 2.45) is 5.92 Å². The highest BCUT2D eigenvalue weighted by atomic mass is 32.2. The van der Waals surface area contributed by atoms with Gasteiger partial charge in [-0.05, 0) is 37.3 Å². The Bertz CT molecular complexity index is 802. The van der Waals surface area contributed by atoms with Crippen LogP contribution in [0.2, 0.25) is 0 Å². The summed E-state index contributed by atoms with van der Waals surface area (Å²) < 4.78 is 26.7. The molecule has 0 spiro atoms. The van der Waals surface area contributed by atoms with Crippen LogP contribution in [0.15, 0.2) is 35.7 Å². The average molecular weight is 420 g/mol. The molecule has 7 heteroatoms. The van der Waals surface area contributed by atoms with Gasteiger partial charge in [0.05, 0.1) is 6.04 Å². The Morgan fingerprint density at radius 2 is 1.76 bits per heavy atom. The number of piperazine rings is 1. The largest absolute Gasteiger partial charge is 0.352 e. The van der Waals surface area contributed by atoms with Crippen LogP contribution in [-0.4, -0.2) is 61.8 Å².